The molecular weight excluding hydrogens is 1220 g/mol. The molecule has 0 aliphatic carbocycles. The van der Waals surface area contributed by atoms with E-state index in [2.05, 4.69) is 47.1 Å². The maximum Gasteiger partial charge on any atom is 0.260 e. The van der Waals surface area contributed by atoms with Crippen LogP contribution in [0.3, 0.4) is 0 Å². The third-order valence-electron chi connectivity index (χ3n) is 16.6. The Hall–Kier alpha value is -9.36. The van der Waals surface area contributed by atoms with Gasteiger partial charge in [-0.3, -0.25) is 53.2 Å². The predicted molar refractivity (Wildman–Crippen MR) is 355 cm³/mol. The number of amides is 7. The predicted octanol–water partition coefficient (Wildman–Crippen LogP) is 8.15. The summed E-state index contributed by atoms with van der Waals surface area (Å²) in [7, 11) is 3.08. The lowest BCUT2D eigenvalue weighted by Gasteiger charge is -2.23. The van der Waals surface area contributed by atoms with Crippen LogP contribution in [0.5, 0.6) is 23.0 Å². The highest BCUT2D eigenvalue weighted by molar-refractivity contribution is 6.13. The van der Waals surface area contributed by atoms with Crippen molar-refractivity contribution in [3.8, 4) is 23.0 Å². The van der Waals surface area contributed by atoms with Crippen molar-refractivity contribution >= 4 is 87.8 Å². The number of nitrogens with one attached hydrogen (secondary N) is 3. The molecule has 7 amide bonds. The Bertz CT molecular complexity index is 3580. The SMILES string of the molecule is COc1cc2c(cc1OCCCCCOc1cc3c(cc1OC)C(=O)N1C=C(c4ccc(NC(=O)[C@H](C)CC(=O)[C@@H](NC(=O)CCOCCOCCOCCOCCNC(=O)CCN5C(=O)C=CC5=O)C(C)C)cc4)C[C@H]1C=N3)N=C[C@@H]1CC(c3ccc(C)cc3)=CN1C2=O. The van der Waals surface area contributed by atoms with E-state index in [4.69, 9.17) is 47.9 Å². The molecule has 5 aliphatic heterocycles. The Labute approximate surface area is 553 Å². The molecule has 24 heteroatoms. The normalized spacial score (nSPS) is 16.7. The van der Waals surface area contributed by atoms with E-state index >= 15 is 0 Å². The molecule has 95 heavy (non-hydrogen) atoms. The van der Waals surface area contributed by atoms with Crippen molar-refractivity contribution in [2.45, 2.75) is 97.2 Å². The molecule has 5 heterocycles. The molecule has 0 saturated heterocycles. The second-order valence-corrected chi connectivity index (χ2v) is 23.9. The minimum atomic E-state index is -0.792. The number of ether oxygens (including phenoxy) is 8. The Morgan fingerprint density at radius 2 is 1.07 bits per heavy atom. The zero-order chi connectivity index (χ0) is 67.4. The number of fused-ring (bicyclic) bond motifs is 4. The summed E-state index contributed by atoms with van der Waals surface area (Å²) in [5.41, 5.74) is 7.49. The number of rotatable bonds is 37. The van der Waals surface area contributed by atoms with Crippen molar-refractivity contribution in [1.82, 2.24) is 25.3 Å². The average Bonchev–Trinajstić information content (AvgIpc) is 1.65. The van der Waals surface area contributed by atoms with Crippen LogP contribution in [0.25, 0.3) is 11.1 Å². The highest BCUT2D eigenvalue weighted by Crippen LogP contribution is 2.42. The van der Waals surface area contributed by atoms with Gasteiger partial charge in [0.15, 0.2) is 28.8 Å². The number of aryl methyl sites for hydroxylation is 1. The van der Waals surface area contributed by atoms with Crippen LogP contribution in [0, 0.1) is 18.8 Å². The van der Waals surface area contributed by atoms with Gasteiger partial charge in [0.2, 0.25) is 17.7 Å². The fraction of sp³-hybridized carbons (Fsp3) is 0.437. The topological polar surface area (TPSA) is 281 Å². The van der Waals surface area contributed by atoms with Gasteiger partial charge in [-0.2, -0.15) is 0 Å². The van der Waals surface area contributed by atoms with Crippen LogP contribution in [-0.4, -0.2) is 186 Å². The quantitative estimate of drug-likeness (QED) is 0.0284. The van der Waals surface area contributed by atoms with Crippen LogP contribution in [-0.2, 0) is 47.7 Å². The molecule has 9 rings (SSSR count). The number of unbranched alkanes of at least 4 members (excludes halogenated alkanes) is 2. The second kappa shape index (κ2) is 34.2. The number of nitrogens with zero attached hydrogens (tertiary/aromatic N) is 5. The number of aliphatic imine (C=N–C) groups is 2. The van der Waals surface area contributed by atoms with Gasteiger partial charge in [0.1, 0.15) is 0 Å². The minimum Gasteiger partial charge on any atom is -0.493 e. The number of hydrogen-bond acceptors (Lipinski definition) is 18. The van der Waals surface area contributed by atoms with Gasteiger partial charge in [0, 0.05) is 106 Å². The molecule has 5 aliphatic rings. The number of methoxy groups -OCH3 is 2. The number of carbonyl (C=O) groups excluding carboxylic acids is 8. The lowest BCUT2D eigenvalue weighted by molar-refractivity contribution is -0.137. The van der Waals surface area contributed by atoms with Crippen molar-refractivity contribution in [1.29, 1.82) is 0 Å². The van der Waals surface area contributed by atoms with Crippen LogP contribution in [0.15, 0.2) is 107 Å². The summed E-state index contributed by atoms with van der Waals surface area (Å²) in [6.45, 7) is 10.7. The maximum atomic E-state index is 14.1. The largest absolute Gasteiger partial charge is 0.493 e. The highest BCUT2D eigenvalue weighted by Gasteiger charge is 2.36. The van der Waals surface area contributed by atoms with E-state index in [9.17, 15) is 38.4 Å². The number of hydrogen-bond donors (Lipinski definition) is 3. The number of benzene rings is 4. The van der Waals surface area contributed by atoms with Crippen molar-refractivity contribution in [2.75, 3.05) is 98.7 Å². The summed E-state index contributed by atoms with van der Waals surface area (Å²) >= 11 is 0. The zero-order valence-corrected chi connectivity index (χ0v) is 54.7. The van der Waals surface area contributed by atoms with Crippen LogP contribution in [0.4, 0.5) is 17.1 Å². The van der Waals surface area contributed by atoms with E-state index in [1.807, 2.05) is 44.6 Å². The highest BCUT2D eigenvalue weighted by atomic mass is 16.6. The van der Waals surface area contributed by atoms with Crippen LogP contribution in [0.1, 0.15) is 110 Å². The third-order valence-corrected chi connectivity index (χ3v) is 16.6. The molecule has 0 bridgehead atoms. The summed E-state index contributed by atoms with van der Waals surface area (Å²) in [5.74, 6) is -1.54. The van der Waals surface area contributed by atoms with Crippen molar-refractivity contribution in [3.63, 3.8) is 0 Å². The Balaban J connectivity index is 0.634. The summed E-state index contributed by atoms with van der Waals surface area (Å²) in [5, 5.41) is 8.40. The van der Waals surface area contributed by atoms with E-state index in [0.717, 1.165) is 40.0 Å². The monoisotopic (exact) mass is 1300 g/mol. The first-order chi connectivity index (χ1) is 46.0. The smallest absolute Gasteiger partial charge is 0.260 e. The molecule has 504 valence electrons. The molecule has 4 atom stereocenters. The summed E-state index contributed by atoms with van der Waals surface area (Å²) in [4.78, 5) is 117. The number of Topliss-reactive ketones (excluding diaryl/α,β-unsaturated/α-hetero) is 1. The van der Waals surface area contributed by atoms with E-state index in [-0.39, 0.29) is 112 Å². The standard InChI is InChI=1S/C71H84N8O16/c1-45(2)68(76-65(82)21-26-90-28-30-92-32-33-93-31-29-91-27-22-72-64(81)20-23-77-66(83)18-19-67(77)84)59(80)34-47(4)69(85)75-52-16-14-49(15-17-52)51-36-54-42-74-58-40-63(61(89-6)38-56(58)71(87)79(54)44-51)95-25-9-7-8-24-94-62-39-57-55(37-60(62)88-5)70(86)78-43-50(35-53(78)41-73-57)48-12-10-46(3)11-13-48/h10-19,37-45,47,53-54,68H,7-9,20-36H2,1-6H3,(H,72,81)(H,75,85)(H,76,82)/t47-,53+,54+,68+/m1/s1. The van der Waals surface area contributed by atoms with Crippen LogP contribution in [0.2, 0.25) is 0 Å². The van der Waals surface area contributed by atoms with E-state index < -0.39 is 23.8 Å². The number of anilines is 1. The molecule has 0 aromatic heterocycles. The fourth-order valence-corrected chi connectivity index (χ4v) is 11.2. The second-order valence-electron chi connectivity index (χ2n) is 23.9. The van der Waals surface area contributed by atoms with E-state index in [0.29, 0.717) is 110 Å². The average molecular weight is 1310 g/mol. The van der Waals surface area contributed by atoms with Crippen molar-refractivity contribution in [2.24, 2.45) is 21.8 Å². The van der Waals surface area contributed by atoms with E-state index in [1.54, 1.807) is 66.4 Å². The van der Waals surface area contributed by atoms with Crippen molar-refractivity contribution < 1.29 is 76.3 Å². The Morgan fingerprint density at radius 3 is 1.58 bits per heavy atom. The third kappa shape index (κ3) is 19.0. The molecule has 0 saturated carbocycles. The summed E-state index contributed by atoms with van der Waals surface area (Å²) in [6.07, 6.45) is 13.1. The van der Waals surface area contributed by atoms with Gasteiger partial charge < -0.3 is 63.6 Å². The molecule has 4 aromatic carbocycles. The number of carbonyl (C=O) groups is 8. The number of ketones is 1. The lowest BCUT2D eigenvalue weighted by atomic mass is 9.92. The summed E-state index contributed by atoms with van der Waals surface area (Å²) in [6, 6.07) is 21.2. The fourth-order valence-electron chi connectivity index (χ4n) is 11.2. The molecule has 0 spiro atoms. The Morgan fingerprint density at radius 1 is 0.579 bits per heavy atom. The lowest BCUT2D eigenvalue weighted by Crippen LogP contribution is -2.45. The van der Waals surface area contributed by atoms with Gasteiger partial charge in [-0.15, -0.1) is 0 Å². The molecule has 24 nitrogen and oxygen atoms in total. The molecule has 0 unspecified atom stereocenters. The van der Waals surface area contributed by atoms with Gasteiger partial charge in [-0.1, -0.05) is 62.7 Å². The van der Waals surface area contributed by atoms with Gasteiger partial charge in [-0.25, -0.2) is 0 Å². The molecular formula is C71H84N8O16. The van der Waals surface area contributed by atoms with Gasteiger partial charge in [0.25, 0.3) is 23.6 Å². The first-order valence-corrected chi connectivity index (χ1v) is 32.2. The van der Waals surface area contributed by atoms with Gasteiger partial charge >= 0.3 is 0 Å². The van der Waals surface area contributed by atoms with Crippen LogP contribution < -0.4 is 34.9 Å². The van der Waals surface area contributed by atoms with Crippen LogP contribution >= 0.6 is 0 Å². The Kier molecular flexibility index (Phi) is 25.2. The minimum absolute atomic E-state index is 0.0112. The molecule has 4 aromatic rings. The molecule has 3 N–H and O–H groups in total. The van der Waals surface area contributed by atoms with Gasteiger partial charge in [-0.05, 0) is 78.6 Å². The molecule has 0 fully saturated rings. The maximum absolute atomic E-state index is 14.1. The molecule has 0 radical (unpaired) electrons. The first-order valence-electron chi connectivity index (χ1n) is 32.2. The summed E-state index contributed by atoms with van der Waals surface area (Å²) < 4.78 is 45.8. The first kappa shape index (κ1) is 70.0. The van der Waals surface area contributed by atoms with Gasteiger partial charge in [0.05, 0.1) is 121 Å². The number of imide groups is 1. The van der Waals surface area contributed by atoms with E-state index in [1.165, 1.54) is 24.8 Å². The zero-order valence-electron chi connectivity index (χ0n) is 54.7. The van der Waals surface area contributed by atoms with Crippen molar-refractivity contribution in [3.05, 3.63) is 125 Å².